The Kier molecular flexibility index (Phi) is 3.16. The van der Waals surface area contributed by atoms with Gasteiger partial charge in [0.15, 0.2) is 0 Å². The molecule has 3 unspecified atom stereocenters. The van der Waals surface area contributed by atoms with Crippen molar-refractivity contribution in [2.45, 2.75) is 51.0 Å². The maximum atomic E-state index is 12.6. The number of hydrogen-bond donors (Lipinski definition) is 2. The van der Waals surface area contributed by atoms with E-state index in [1.54, 1.807) is 0 Å². The molecule has 21 heavy (non-hydrogen) atoms. The monoisotopic (exact) mass is 284 g/mol. The second-order valence-electron chi connectivity index (χ2n) is 7.05. The van der Waals surface area contributed by atoms with Crippen molar-refractivity contribution in [3.05, 3.63) is 29.3 Å². The van der Waals surface area contributed by atoms with Crippen molar-refractivity contribution in [1.82, 2.24) is 5.32 Å². The minimum Gasteiger partial charge on any atom is -0.399 e. The van der Waals surface area contributed by atoms with Crippen molar-refractivity contribution in [2.75, 3.05) is 5.73 Å². The van der Waals surface area contributed by atoms with E-state index in [-0.39, 0.29) is 6.04 Å². The highest BCUT2D eigenvalue weighted by atomic mass is 16.2. The van der Waals surface area contributed by atoms with Crippen LogP contribution in [0.15, 0.2) is 18.2 Å². The van der Waals surface area contributed by atoms with Crippen molar-refractivity contribution in [3.8, 4) is 0 Å². The summed E-state index contributed by atoms with van der Waals surface area (Å²) in [5, 5.41) is 3.33. The zero-order valence-corrected chi connectivity index (χ0v) is 12.5. The Labute approximate surface area is 126 Å². The predicted molar refractivity (Wildman–Crippen MR) is 83.6 cm³/mol. The van der Waals surface area contributed by atoms with Gasteiger partial charge >= 0.3 is 0 Å². The quantitative estimate of drug-likeness (QED) is 0.819. The van der Waals surface area contributed by atoms with Crippen molar-refractivity contribution < 1.29 is 4.79 Å². The molecule has 3 heteroatoms. The second kappa shape index (κ2) is 5.04. The summed E-state index contributed by atoms with van der Waals surface area (Å²) in [6, 6.07) is 6.34. The van der Waals surface area contributed by atoms with Crippen LogP contribution in [-0.4, -0.2) is 5.91 Å². The lowest BCUT2D eigenvalue weighted by Crippen LogP contribution is -2.32. The van der Waals surface area contributed by atoms with Crippen LogP contribution < -0.4 is 11.1 Å². The molecule has 2 saturated carbocycles. The first-order valence-electron chi connectivity index (χ1n) is 8.43. The van der Waals surface area contributed by atoms with Gasteiger partial charge in [-0.2, -0.15) is 0 Å². The van der Waals surface area contributed by atoms with E-state index < -0.39 is 0 Å². The Bertz CT molecular complexity index is 556. The van der Waals surface area contributed by atoms with Crippen LogP contribution >= 0.6 is 0 Å². The number of carbonyl (C=O) groups is 1. The molecule has 0 aliphatic heterocycles. The third-order valence-corrected chi connectivity index (χ3v) is 5.76. The Morgan fingerprint density at radius 1 is 1.10 bits per heavy atom. The molecule has 2 fully saturated rings. The number of rotatable bonds is 2. The molecule has 0 bridgehead atoms. The Morgan fingerprint density at radius 3 is 2.62 bits per heavy atom. The van der Waals surface area contributed by atoms with Gasteiger partial charge in [0.05, 0.1) is 6.04 Å². The van der Waals surface area contributed by atoms with E-state index >= 15 is 0 Å². The van der Waals surface area contributed by atoms with E-state index in [9.17, 15) is 4.79 Å². The van der Waals surface area contributed by atoms with Crippen LogP contribution in [0.3, 0.4) is 0 Å². The molecular weight excluding hydrogens is 260 g/mol. The smallest absolute Gasteiger partial charge is 0.224 e. The van der Waals surface area contributed by atoms with Crippen LogP contribution in [0.4, 0.5) is 5.69 Å². The third-order valence-electron chi connectivity index (χ3n) is 5.76. The first kappa shape index (κ1) is 13.2. The van der Waals surface area contributed by atoms with Gasteiger partial charge in [0.25, 0.3) is 0 Å². The van der Waals surface area contributed by atoms with Crippen LogP contribution in [0.5, 0.6) is 0 Å². The average molecular weight is 284 g/mol. The summed E-state index contributed by atoms with van der Waals surface area (Å²) in [6.07, 6.45) is 8.44. The topological polar surface area (TPSA) is 55.1 Å². The van der Waals surface area contributed by atoms with E-state index in [0.717, 1.165) is 24.9 Å². The Morgan fingerprint density at radius 2 is 1.86 bits per heavy atom. The minimum absolute atomic E-state index is 0.199. The lowest BCUT2D eigenvalue weighted by atomic mass is 9.87. The molecule has 1 amide bonds. The summed E-state index contributed by atoms with van der Waals surface area (Å²) >= 11 is 0. The normalized spacial score (nSPS) is 33.7. The van der Waals surface area contributed by atoms with Crippen LogP contribution in [0.25, 0.3) is 0 Å². The van der Waals surface area contributed by atoms with Gasteiger partial charge in [-0.25, -0.2) is 0 Å². The van der Waals surface area contributed by atoms with E-state index in [0.29, 0.717) is 23.7 Å². The Hall–Kier alpha value is -1.51. The highest BCUT2D eigenvalue weighted by molar-refractivity contribution is 5.82. The molecule has 3 nitrogen and oxygen atoms in total. The summed E-state index contributed by atoms with van der Waals surface area (Å²) in [6.45, 7) is 0. The highest BCUT2D eigenvalue weighted by Gasteiger charge is 2.54. The number of nitrogens with two attached hydrogens (primary N) is 1. The minimum atomic E-state index is 0.199. The number of hydrogen-bond acceptors (Lipinski definition) is 2. The maximum absolute atomic E-state index is 12.6. The van der Waals surface area contributed by atoms with Gasteiger partial charge in [-0.05, 0) is 67.2 Å². The molecule has 1 aromatic rings. The van der Waals surface area contributed by atoms with Crippen LogP contribution in [0.2, 0.25) is 0 Å². The number of benzene rings is 1. The molecular formula is C18H24N2O. The molecule has 0 radical (unpaired) electrons. The van der Waals surface area contributed by atoms with Crippen LogP contribution in [0.1, 0.15) is 55.7 Å². The molecule has 0 saturated heterocycles. The third kappa shape index (κ3) is 2.33. The standard InChI is InChI=1S/C18H24N2O/c19-12-8-9-13-11(10-12)4-3-7-16(13)20-18(21)17-14-5-1-2-6-15(14)17/h8-10,14-17H,1-7,19H2,(H,20,21). The SMILES string of the molecule is Nc1ccc2c(c1)CCCC2NC(=O)C1C2CCCCC21. The number of nitrogen functional groups attached to an aromatic ring is 1. The van der Waals surface area contributed by atoms with Gasteiger partial charge in [0.1, 0.15) is 0 Å². The van der Waals surface area contributed by atoms with Crippen molar-refractivity contribution in [2.24, 2.45) is 17.8 Å². The zero-order valence-electron chi connectivity index (χ0n) is 12.5. The fraction of sp³-hybridized carbons (Fsp3) is 0.611. The van der Waals surface area contributed by atoms with Gasteiger partial charge in [-0.1, -0.05) is 18.9 Å². The first-order chi connectivity index (χ1) is 10.2. The van der Waals surface area contributed by atoms with Crippen LogP contribution in [-0.2, 0) is 11.2 Å². The van der Waals surface area contributed by atoms with E-state index in [1.165, 1.54) is 36.8 Å². The predicted octanol–water partition coefficient (Wildman–Crippen LogP) is 3.20. The molecule has 1 aromatic carbocycles. The number of carbonyl (C=O) groups excluding carboxylic acids is 1. The van der Waals surface area contributed by atoms with Gasteiger partial charge in [-0.3, -0.25) is 4.79 Å². The summed E-state index contributed by atoms with van der Waals surface area (Å²) < 4.78 is 0. The molecule has 112 valence electrons. The fourth-order valence-corrected chi connectivity index (χ4v) is 4.63. The molecule has 3 aliphatic carbocycles. The lowest BCUT2D eigenvalue weighted by molar-refractivity contribution is -0.123. The van der Waals surface area contributed by atoms with Gasteiger partial charge in [-0.15, -0.1) is 0 Å². The number of fused-ring (bicyclic) bond motifs is 2. The van der Waals surface area contributed by atoms with E-state index in [1.807, 2.05) is 6.07 Å². The van der Waals surface area contributed by atoms with E-state index in [2.05, 4.69) is 17.4 Å². The van der Waals surface area contributed by atoms with Crippen molar-refractivity contribution >= 4 is 11.6 Å². The van der Waals surface area contributed by atoms with Crippen molar-refractivity contribution in [3.63, 3.8) is 0 Å². The van der Waals surface area contributed by atoms with Gasteiger partial charge in [0.2, 0.25) is 5.91 Å². The summed E-state index contributed by atoms with van der Waals surface area (Å²) in [4.78, 5) is 12.6. The summed E-state index contributed by atoms with van der Waals surface area (Å²) in [5.41, 5.74) is 9.31. The molecule has 3 atom stereocenters. The maximum Gasteiger partial charge on any atom is 0.224 e. The molecule has 4 rings (SSSR count). The molecule has 0 spiro atoms. The Balaban J connectivity index is 1.47. The molecule has 3 N–H and O–H groups in total. The first-order valence-corrected chi connectivity index (χ1v) is 8.43. The van der Waals surface area contributed by atoms with E-state index in [4.69, 9.17) is 5.73 Å². The summed E-state index contributed by atoms with van der Waals surface area (Å²) in [5.74, 6) is 2.00. The van der Waals surface area contributed by atoms with Crippen LogP contribution in [0, 0.1) is 17.8 Å². The lowest BCUT2D eigenvalue weighted by Gasteiger charge is -2.27. The average Bonchev–Trinajstić information content (AvgIpc) is 3.21. The number of aryl methyl sites for hydroxylation is 1. The zero-order chi connectivity index (χ0) is 14.4. The molecule has 0 heterocycles. The fourth-order valence-electron chi connectivity index (χ4n) is 4.63. The number of anilines is 1. The molecule has 0 aromatic heterocycles. The highest BCUT2D eigenvalue weighted by Crippen LogP contribution is 2.55. The van der Waals surface area contributed by atoms with Gasteiger partial charge in [0, 0.05) is 11.6 Å². The second-order valence-corrected chi connectivity index (χ2v) is 7.05. The summed E-state index contributed by atoms with van der Waals surface area (Å²) in [7, 11) is 0. The van der Waals surface area contributed by atoms with Gasteiger partial charge < -0.3 is 11.1 Å². The van der Waals surface area contributed by atoms with Crippen molar-refractivity contribution in [1.29, 1.82) is 0 Å². The number of amides is 1. The largest absolute Gasteiger partial charge is 0.399 e. The number of nitrogens with one attached hydrogen (secondary N) is 1. The molecule has 3 aliphatic rings.